The first-order chi connectivity index (χ1) is 13.6. The summed E-state index contributed by atoms with van der Waals surface area (Å²) in [5, 5.41) is 4.19. The van der Waals surface area contributed by atoms with E-state index in [1.54, 1.807) is 12.1 Å². The minimum atomic E-state index is -0.476. The third kappa shape index (κ3) is 2.45. The Morgan fingerprint density at radius 3 is 2.18 bits per heavy atom. The van der Waals surface area contributed by atoms with E-state index >= 15 is 0 Å². The minimum Gasteiger partial charge on any atom is -0.274 e. The van der Waals surface area contributed by atoms with E-state index < -0.39 is 12.0 Å². The predicted octanol–water partition coefficient (Wildman–Crippen LogP) is 2.92. The van der Waals surface area contributed by atoms with Gasteiger partial charge in [0.15, 0.2) is 0 Å². The number of benzene rings is 2. The highest BCUT2D eigenvalue weighted by Crippen LogP contribution is 2.48. The summed E-state index contributed by atoms with van der Waals surface area (Å²) in [6, 6.07) is 13.2. The van der Waals surface area contributed by atoms with Crippen LogP contribution in [0.3, 0.4) is 0 Å². The van der Waals surface area contributed by atoms with E-state index in [9.17, 15) is 14.0 Å². The third-order valence-corrected chi connectivity index (χ3v) is 6.22. The molecule has 0 aromatic heterocycles. The fourth-order valence-corrected chi connectivity index (χ4v) is 4.91. The normalized spacial score (nSPS) is 27.5. The molecule has 5 rings (SSSR count). The number of aryl methyl sites for hydroxylation is 1. The molecular weight excluding hydrogens is 357 g/mol. The van der Waals surface area contributed by atoms with Crippen LogP contribution in [0.15, 0.2) is 48.5 Å². The predicted molar refractivity (Wildman–Crippen MR) is 103 cm³/mol. The van der Waals surface area contributed by atoms with Gasteiger partial charge in [0.1, 0.15) is 11.9 Å². The van der Waals surface area contributed by atoms with Crippen molar-refractivity contribution < 1.29 is 14.0 Å². The average Bonchev–Trinajstić information content (AvgIpc) is 3.35. The van der Waals surface area contributed by atoms with E-state index in [1.165, 1.54) is 17.0 Å². The lowest BCUT2D eigenvalue weighted by Crippen LogP contribution is -2.44. The number of hydrazine groups is 1. The van der Waals surface area contributed by atoms with Gasteiger partial charge < -0.3 is 0 Å². The van der Waals surface area contributed by atoms with Gasteiger partial charge in [-0.2, -0.15) is 0 Å². The molecule has 2 aromatic carbocycles. The maximum absolute atomic E-state index is 13.4. The molecule has 3 fully saturated rings. The summed E-state index contributed by atoms with van der Waals surface area (Å²) in [4.78, 5) is 28.1. The van der Waals surface area contributed by atoms with Crippen LogP contribution >= 0.6 is 0 Å². The molecule has 3 aliphatic rings. The van der Waals surface area contributed by atoms with Crippen molar-refractivity contribution in [1.29, 1.82) is 0 Å². The van der Waals surface area contributed by atoms with E-state index in [1.807, 2.05) is 24.3 Å². The topological polar surface area (TPSA) is 43.9 Å². The molecule has 28 heavy (non-hydrogen) atoms. The molecule has 0 N–H and O–H groups in total. The molecule has 3 aliphatic heterocycles. The number of nitrogens with zero attached hydrogens (tertiary/aromatic N) is 3. The Kier molecular flexibility index (Phi) is 4.07. The molecule has 0 saturated carbocycles. The fraction of sp³-hybridized carbons (Fsp3) is 0.364. The molecule has 3 unspecified atom stereocenters. The second-order valence-electron chi connectivity index (χ2n) is 7.68. The number of amides is 2. The molecule has 0 spiro atoms. The summed E-state index contributed by atoms with van der Waals surface area (Å²) in [6.45, 7) is 3.64. The number of carbonyl (C=O) groups is 2. The Hall–Kier alpha value is -2.57. The number of fused-ring (bicyclic) bond motifs is 3. The first kappa shape index (κ1) is 17.5. The van der Waals surface area contributed by atoms with Gasteiger partial charge in [-0.05, 0) is 48.2 Å². The Labute approximate surface area is 163 Å². The lowest BCUT2D eigenvalue weighted by molar-refractivity contribution is -0.126. The monoisotopic (exact) mass is 379 g/mol. The maximum Gasteiger partial charge on any atom is 0.253 e. The number of hydrogen-bond donors (Lipinski definition) is 0. The van der Waals surface area contributed by atoms with Gasteiger partial charge in [0, 0.05) is 13.1 Å². The van der Waals surface area contributed by atoms with Crippen LogP contribution in [0.25, 0.3) is 0 Å². The lowest BCUT2D eigenvalue weighted by atomic mass is 9.90. The highest BCUT2D eigenvalue weighted by atomic mass is 19.1. The zero-order chi connectivity index (χ0) is 19.4. The number of hydrogen-bond acceptors (Lipinski definition) is 4. The summed E-state index contributed by atoms with van der Waals surface area (Å²) in [7, 11) is 0. The molecule has 0 bridgehead atoms. The standard InChI is InChI=1S/C22H22FN3O2/c1-2-14-4-10-17(11-5-14)26-21(27)18-19(15-6-8-16(23)9-7-15)24-12-3-13-25(24)20(18)22(26)28/h4-11,18-20H,2-3,12-13H2,1H3. The van der Waals surface area contributed by atoms with Crippen LogP contribution in [0.2, 0.25) is 0 Å². The first-order valence-corrected chi connectivity index (χ1v) is 9.85. The van der Waals surface area contributed by atoms with Crippen molar-refractivity contribution in [2.24, 2.45) is 5.92 Å². The van der Waals surface area contributed by atoms with Crippen LogP contribution in [-0.2, 0) is 16.0 Å². The van der Waals surface area contributed by atoms with Crippen molar-refractivity contribution in [3.63, 3.8) is 0 Å². The van der Waals surface area contributed by atoms with E-state index in [2.05, 4.69) is 16.9 Å². The van der Waals surface area contributed by atoms with Gasteiger partial charge >= 0.3 is 0 Å². The van der Waals surface area contributed by atoms with Gasteiger partial charge in [-0.3, -0.25) is 9.59 Å². The first-order valence-electron chi connectivity index (χ1n) is 9.85. The summed E-state index contributed by atoms with van der Waals surface area (Å²) >= 11 is 0. The highest BCUT2D eigenvalue weighted by molar-refractivity contribution is 6.24. The third-order valence-electron chi connectivity index (χ3n) is 6.22. The van der Waals surface area contributed by atoms with Gasteiger partial charge in [-0.15, -0.1) is 0 Å². The molecular formula is C22H22FN3O2. The SMILES string of the molecule is CCc1ccc(N2C(=O)C3C(C2=O)N2CCCN2C3c2ccc(F)cc2)cc1. The van der Waals surface area contributed by atoms with Crippen LogP contribution in [0.1, 0.15) is 30.5 Å². The van der Waals surface area contributed by atoms with Crippen LogP contribution in [0.5, 0.6) is 0 Å². The van der Waals surface area contributed by atoms with Gasteiger partial charge in [-0.25, -0.2) is 19.3 Å². The lowest BCUT2D eigenvalue weighted by Gasteiger charge is -2.29. The molecule has 3 atom stereocenters. The van der Waals surface area contributed by atoms with E-state index in [0.29, 0.717) is 5.69 Å². The minimum absolute atomic E-state index is 0.157. The molecule has 5 nitrogen and oxygen atoms in total. The fourth-order valence-electron chi connectivity index (χ4n) is 4.91. The van der Waals surface area contributed by atoms with E-state index in [4.69, 9.17) is 0 Å². The summed E-state index contributed by atoms with van der Waals surface area (Å²) in [6.07, 6.45) is 1.86. The van der Waals surface area contributed by atoms with Crippen molar-refractivity contribution >= 4 is 17.5 Å². The number of imide groups is 1. The number of rotatable bonds is 3. The van der Waals surface area contributed by atoms with Gasteiger partial charge in [0.2, 0.25) is 5.91 Å². The molecule has 2 aromatic rings. The Morgan fingerprint density at radius 1 is 0.893 bits per heavy atom. The summed E-state index contributed by atoms with van der Waals surface area (Å²) in [5.41, 5.74) is 2.67. The zero-order valence-electron chi connectivity index (χ0n) is 15.7. The molecule has 3 saturated heterocycles. The quantitative estimate of drug-likeness (QED) is 0.770. The van der Waals surface area contributed by atoms with Crippen LogP contribution in [0.4, 0.5) is 10.1 Å². The summed E-state index contributed by atoms with van der Waals surface area (Å²) < 4.78 is 13.4. The van der Waals surface area contributed by atoms with Crippen LogP contribution in [0, 0.1) is 11.7 Å². The molecule has 144 valence electrons. The van der Waals surface area contributed by atoms with E-state index in [0.717, 1.165) is 37.1 Å². The van der Waals surface area contributed by atoms with Crippen molar-refractivity contribution in [1.82, 2.24) is 10.0 Å². The zero-order valence-corrected chi connectivity index (χ0v) is 15.7. The van der Waals surface area contributed by atoms with Crippen molar-refractivity contribution in [2.45, 2.75) is 31.8 Å². The van der Waals surface area contributed by atoms with Gasteiger partial charge in [0.25, 0.3) is 5.91 Å². The summed E-state index contributed by atoms with van der Waals surface area (Å²) in [5.74, 6) is -1.09. The molecule has 3 heterocycles. The Morgan fingerprint density at radius 2 is 1.54 bits per heavy atom. The average molecular weight is 379 g/mol. The maximum atomic E-state index is 13.4. The molecule has 0 radical (unpaired) electrons. The Bertz CT molecular complexity index is 928. The molecule has 0 aliphatic carbocycles. The van der Waals surface area contributed by atoms with E-state index in [-0.39, 0.29) is 23.7 Å². The second kappa shape index (κ2) is 6.50. The Balaban J connectivity index is 1.55. The van der Waals surface area contributed by atoms with Crippen molar-refractivity contribution in [3.8, 4) is 0 Å². The number of anilines is 1. The molecule has 6 heteroatoms. The van der Waals surface area contributed by atoms with Crippen molar-refractivity contribution in [2.75, 3.05) is 18.0 Å². The van der Waals surface area contributed by atoms with Crippen molar-refractivity contribution in [3.05, 3.63) is 65.5 Å². The van der Waals surface area contributed by atoms with Crippen LogP contribution in [-0.4, -0.2) is 41.0 Å². The number of carbonyl (C=O) groups excluding carboxylic acids is 2. The molecule has 2 amide bonds. The number of halogens is 1. The largest absolute Gasteiger partial charge is 0.274 e. The smallest absolute Gasteiger partial charge is 0.253 e. The van der Waals surface area contributed by atoms with Crippen LogP contribution < -0.4 is 4.90 Å². The second-order valence-corrected chi connectivity index (χ2v) is 7.68. The van der Waals surface area contributed by atoms with Gasteiger partial charge in [0.05, 0.1) is 17.6 Å². The van der Waals surface area contributed by atoms with Gasteiger partial charge in [-0.1, -0.05) is 31.2 Å². The highest BCUT2D eigenvalue weighted by Gasteiger charge is 2.62.